The van der Waals surface area contributed by atoms with Gasteiger partial charge in [0.15, 0.2) is 0 Å². The van der Waals surface area contributed by atoms with Crippen LogP contribution in [-0.4, -0.2) is 17.0 Å². The van der Waals surface area contributed by atoms with Crippen molar-refractivity contribution < 1.29 is 18.5 Å². The Morgan fingerprint density at radius 2 is 1.88 bits per heavy atom. The van der Waals surface area contributed by atoms with Crippen molar-refractivity contribution in [2.45, 2.75) is 6.92 Å². The first kappa shape index (κ1) is 17.6. The quantitative estimate of drug-likeness (QED) is 0.726. The molecule has 0 bridgehead atoms. The van der Waals surface area contributed by atoms with Gasteiger partial charge < -0.3 is 15.6 Å². The summed E-state index contributed by atoms with van der Waals surface area (Å²) in [5.74, 6) is -1.53. The van der Waals surface area contributed by atoms with Gasteiger partial charge in [-0.15, -0.1) is 0 Å². The number of nitrogens with zero attached hydrogens (tertiary/aromatic N) is 1. The number of aryl methyl sites for hydroxylation is 1. The van der Waals surface area contributed by atoms with Gasteiger partial charge in [0.2, 0.25) is 5.91 Å². The fourth-order valence-corrected chi connectivity index (χ4v) is 2.70. The van der Waals surface area contributed by atoms with E-state index in [2.05, 4.69) is 10.5 Å². The lowest BCUT2D eigenvalue weighted by molar-refractivity contribution is 0.0998. The number of anilines is 1. The maximum atomic E-state index is 14.2. The van der Waals surface area contributed by atoms with E-state index in [-0.39, 0.29) is 27.6 Å². The second-order valence-corrected chi connectivity index (χ2v) is 5.86. The number of amides is 2. The van der Waals surface area contributed by atoms with Crippen LogP contribution in [0.15, 0.2) is 47.0 Å². The molecule has 0 radical (unpaired) electrons. The Bertz CT molecular complexity index is 979. The Morgan fingerprint density at radius 1 is 1.19 bits per heavy atom. The van der Waals surface area contributed by atoms with Crippen molar-refractivity contribution >= 4 is 29.1 Å². The molecule has 0 aliphatic rings. The summed E-state index contributed by atoms with van der Waals surface area (Å²) in [7, 11) is 0. The molecule has 0 fully saturated rings. The summed E-state index contributed by atoms with van der Waals surface area (Å²) in [6, 6.07) is 10.2. The molecule has 3 aromatic rings. The van der Waals surface area contributed by atoms with Crippen LogP contribution in [0.25, 0.3) is 11.3 Å². The zero-order valence-corrected chi connectivity index (χ0v) is 14.3. The molecule has 0 spiro atoms. The summed E-state index contributed by atoms with van der Waals surface area (Å²) < 4.78 is 19.3. The van der Waals surface area contributed by atoms with Gasteiger partial charge in [-0.1, -0.05) is 22.8 Å². The van der Waals surface area contributed by atoms with Gasteiger partial charge in [0.1, 0.15) is 22.8 Å². The summed E-state index contributed by atoms with van der Waals surface area (Å²) in [5.41, 5.74) is 5.97. The Morgan fingerprint density at radius 3 is 2.50 bits per heavy atom. The number of aromatic nitrogens is 1. The number of rotatable bonds is 4. The molecule has 0 saturated heterocycles. The van der Waals surface area contributed by atoms with E-state index in [1.165, 1.54) is 49.4 Å². The lowest BCUT2D eigenvalue weighted by atomic mass is 10.0. The van der Waals surface area contributed by atoms with Gasteiger partial charge in [-0.3, -0.25) is 9.59 Å². The molecule has 0 atom stereocenters. The van der Waals surface area contributed by atoms with Crippen molar-refractivity contribution in [2.75, 3.05) is 5.32 Å². The summed E-state index contributed by atoms with van der Waals surface area (Å²) in [5, 5.41) is 6.54. The number of hydrogen-bond acceptors (Lipinski definition) is 4. The number of nitrogens with one attached hydrogen (secondary N) is 1. The molecule has 2 aromatic carbocycles. The van der Waals surface area contributed by atoms with Gasteiger partial charge in [-0.2, -0.15) is 0 Å². The molecule has 8 heteroatoms. The van der Waals surface area contributed by atoms with Crippen molar-refractivity contribution in [2.24, 2.45) is 5.73 Å². The van der Waals surface area contributed by atoms with Gasteiger partial charge in [0, 0.05) is 11.3 Å². The third kappa shape index (κ3) is 3.29. The van der Waals surface area contributed by atoms with Crippen LogP contribution in [0.1, 0.15) is 26.5 Å². The minimum absolute atomic E-state index is 0.0110. The van der Waals surface area contributed by atoms with Crippen molar-refractivity contribution in [1.29, 1.82) is 0 Å². The largest absolute Gasteiger partial charge is 0.366 e. The third-order valence-electron chi connectivity index (χ3n) is 3.72. The molecule has 26 heavy (non-hydrogen) atoms. The standard InChI is InChI=1S/C18H13ClFN3O3/c1-9-14(16(23-26-9)15-12(19)3-2-4-13(15)20)18(25)22-11-7-5-10(6-8-11)17(21)24/h2-8H,1H3,(H2,21,24)(H,22,25). The first-order valence-electron chi connectivity index (χ1n) is 7.50. The monoisotopic (exact) mass is 373 g/mol. The highest BCUT2D eigenvalue weighted by atomic mass is 35.5. The Balaban J connectivity index is 1.96. The van der Waals surface area contributed by atoms with Crippen molar-refractivity contribution in [3.63, 3.8) is 0 Å². The summed E-state index contributed by atoms with van der Waals surface area (Å²) >= 11 is 6.06. The highest BCUT2D eigenvalue weighted by Gasteiger charge is 2.25. The maximum absolute atomic E-state index is 14.2. The Hall–Kier alpha value is -3.19. The number of nitrogens with two attached hydrogens (primary N) is 1. The Kier molecular flexibility index (Phi) is 4.73. The maximum Gasteiger partial charge on any atom is 0.261 e. The molecule has 6 nitrogen and oxygen atoms in total. The van der Waals surface area contributed by atoms with E-state index < -0.39 is 17.6 Å². The SMILES string of the molecule is Cc1onc(-c2c(F)cccc2Cl)c1C(=O)Nc1ccc(C(N)=O)cc1. The zero-order valence-electron chi connectivity index (χ0n) is 13.5. The van der Waals surface area contributed by atoms with E-state index >= 15 is 0 Å². The van der Waals surface area contributed by atoms with E-state index in [4.69, 9.17) is 21.9 Å². The summed E-state index contributed by atoms with van der Waals surface area (Å²) in [6.45, 7) is 1.54. The zero-order chi connectivity index (χ0) is 18.8. The van der Waals surface area contributed by atoms with Crippen LogP contribution < -0.4 is 11.1 Å². The van der Waals surface area contributed by atoms with Crippen molar-refractivity contribution in [1.82, 2.24) is 5.16 Å². The fraction of sp³-hybridized carbons (Fsp3) is 0.0556. The highest BCUT2D eigenvalue weighted by Crippen LogP contribution is 2.33. The summed E-state index contributed by atoms with van der Waals surface area (Å²) in [4.78, 5) is 23.8. The molecule has 1 aromatic heterocycles. The molecular formula is C18H13ClFN3O3. The van der Waals surface area contributed by atoms with E-state index in [9.17, 15) is 14.0 Å². The van der Waals surface area contributed by atoms with Crippen molar-refractivity contribution in [3.05, 3.63) is 70.2 Å². The number of benzene rings is 2. The molecule has 0 unspecified atom stereocenters. The number of carbonyl (C=O) groups excluding carboxylic acids is 2. The van der Waals surface area contributed by atoms with Crippen molar-refractivity contribution in [3.8, 4) is 11.3 Å². The third-order valence-corrected chi connectivity index (χ3v) is 4.03. The normalized spacial score (nSPS) is 10.6. The first-order valence-corrected chi connectivity index (χ1v) is 7.88. The lowest BCUT2D eigenvalue weighted by Gasteiger charge is -2.08. The van der Waals surface area contributed by atoms with Crippen LogP contribution in [0, 0.1) is 12.7 Å². The molecule has 2 amide bonds. The van der Waals surface area contributed by atoms with Crippen LogP contribution in [0.4, 0.5) is 10.1 Å². The average molecular weight is 374 g/mol. The second-order valence-electron chi connectivity index (χ2n) is 5.45. The fourth-order valence-electron chi connectivity index (χ4n) is 2.45. The molecule has 132 valence electrons. The predicted octanol–water partition coefficient (Wildman–Crippen LogP) is 3.79. The minimum Gasteiger partial charge on any atom is -0.366 e. The lowest BCUT2D eigenvalue weighted by Crippen LogP contribution is -2.14. The first-order chi connectivity index (χ1) is 12.4. The summed E-state index contributed by atoms with van der Waals surface area (Å²) in [6.07, 6.45) is 0. The minimum atomic E-state index is -0.620. The van der Waals surface area contributed by atoms with Crippen LogP contribution in [0.2, 0.25) is 5.02 Å². The van der Waals surface area contributed by atoms with E-state index in [0.717, 1.165) is 0 Å². The van der Waals surface area contributed by atoms with E-state index in [1.54, 1.807) is 0 Å². The molecule has 1 heterocycles. The second kappa shape index (κ2) is 6.97. The number of carbonyl (C=O) groups is 2. The van der Waals surface area contributed by atoms with Gasteiger partial charge in [-0.25, -0.2) is 4.39 Å². The van der Waals surface area contributed by atoms with Gasteiger partial charge in [-0.05, 0) is 43.3 Å². The Labute approximate surface area is 152 Å². The molecule has 0 aliphatic carbocycles. The van der Waals surface area contributed by atoms with E-state index in [1.807, 2.05) is 0 Å². The van der Waals surface area contributed by atoms with Crippen LogP contribution in [-0.2, 0) is 0 Å². The molecular weight excluding hydrogens is 361 g/mol. The topological polar surface area (TPSA) is 98.2 Å². The van der Waals surface area contributed by atoms with Gasteiger partial charge in [0.25, 0.3) is 5.91 Å². The van der Waals surface area contributed by atoms with Gasteiger partial charge >= 0.3 is 0 Å². The number of hydrogen-bond donors (Lipinski definition) is 2. The average Bonchev–Trinajstić information content (AvgIpc) is 2.96. The molecule has 0 aliphatic heterocycles. The van der Waals surface area contributed by atoms with Crippen LogP contribution in [0.5, 0.6) is 0 Å². The smallest absolute Gasteiger partial charge is 0.261 e. The molecule has 3 N–H and O–H groups in total. The van der Waals surface area contributed by atoms with E-state index in [0.29, 0.717) is 11.3 Å². The predicted molar refractivity (Wildman–Crippen MR) is 94.6 cm³/mol. The molecule has 0 saturated carbocycles. The number of halogens is 2. The highest BCUT2D eigenvalue weighted by molar-refractivity contribution is 6.33. The van der Waals surface area contributed by atoms with Crippen LogP contribution in [0.3, 0.4) is 0 Å². The molecule has 3 rings (SSSR count). The number of primary amides is 1. The van der Waals surface area contributed by atoms with Gasteiger partial charge in [0.05, 0.1) is 10.6 Å². The van der Waals surface area contributed by atoms with Crippen LogP contribution >= 0.6 is 11.6 Å².